The quantitative estimate of drug-likeness (QED) is 0.267. The van der Waals surface area contributed by atoms with Crippen molar-refractivity contribution in [1.82, 2.24) is 40.4 Å². The second-order valence-electron chi connectivity index (χ2n) is 10.6. The Morgan fingerprint density at radius 3 is 2.60 bits per heavy atom. The van der Waals surface area contributed by atoms with Crippen molar-refractivity contribution in [3.63, 3.8) is 0 Å². The van der Waals surface area contributed by atoms with Gasteiger partial charge in [-0.3, -0.25) is 4.79 Å². The number of carbonyl (C=O) groups excluding carboxylic acids is 1. The molecule has 0 spiro atoms. The molecule has 222 valence electrons. The predicted octanol–water partition coefficient (Wildman–Crippen LogP) is 3.29. The van der Waals surface area contributed by atoms with Crippen LogP contribution in [0.3, 0.4) is 0 Å². The fourth-order valence-electron chi connectivity index (χ4n) is 4.89. The molecule has 0 aliphatic carbocycles. The largest absolute Gasteiger partial charge is 0.495 e. The minimum atomic E-state index is -0.282. The lowest BCUT2D eigenvalue weighted by atomic mass is 9.97. The Morgan fingerprint density at radius 2 is 1.91 bits per heavy atom. The third kappa shape index (κ3) is 7.60. The third-order valence-corrected chi connectivity index (χ3v) is 7.35. The average Bonchev–Trinajstić information content (AvgIpc) is 3.54. The van der Waals surface area contributed by atoms with Gasteiger partial charge in [-0.15, -0.1) is 5.10 Å². The molecule has 1 aliphatic heterocycles. The minimum Gasteiger partial charge on any atom is -0.495 e. The molecule has 0 saturated carbocycles. The Morgan fingerprint density at radius 1 is 1.12 bits per heavy atom. The number of hydrogen-bond acceptors (Lipinski definition) is 11. The van der Waals surface area contributed by atoms with E-state index in [-0.39, 0.29) is 12.0 Å². The maximum atomic E-state index is 12.9. The molecule has 4 aromatic rings. The first kappa shape index (κ1) is 29.4. The number of hydrogen-bond donors (Lipinski definition) is 2. The topological polar surface area (TPSA) is 156 Å². The Balaban J connectivity index is 1.26. The van der Waals surface area contributed by atoms with E-state index in [2.05, 4.69) is 54.1 Å². The molecule has 3 heterocycles. The zero-order valence-electron chi connectivity index (χ0n) is 24.4. The number of carbonyl (C=O) groups is 1. The van der Waals surface area contributed by atoms with Gasteiger partial charge in [0.05, 0.1) is 24.9 Å². The summed E-state index contributed by atoms with van der Waals surface area (Å²) in [5.41, 5.74) is 3.03. The number of piperidine rings is 1. The molecule has 1 atom stereocenters. The van der Waals surface area contributed by atoms with Crippen LogP contribution in [0.4, 0.5) is 11.6 Å². The second-order valence-corrected chi connectivity index (χ2v) is 10.6. The van der Waals surface area contributed by atoms with Crippen molar-refractivity contribution >= 4 is 17.5 Å². The maximum Gasteiger partial charge on any atom is 0.251 e. The normalized spacial score (nSPS) is 14.5. The minimum absolute atomic E-state index is 0.132. The highest BCUT2D eigenvalue weighted by atomic mass is 16.5. The number of anilines is 2. The summed E-state index contributed by atoms with van der Waals surface area (Å²) >= 11 is 0. The Bertz CT molecular complexity index is 1560. The van der Waals surface area contributed by atoms with E-state index in [1.807, 2.05) is 13.0 Å². The smallest absolute Gasteiger partial charge is 0.251 e. The Kier molecular flexibility index (Phi) is 9.38. The number of tetrazole rings is 1. The Hall–Kier alpha value is -5.09. The summed E-state index contributed by atoms with van der Waals surface area (Å²) in [5.74, 6) is 1.70. The van der Waals surface area contributed by atoms with Crippen LogP contribution in [0.25, 0.3) is 11.1 Å². The molecule has 1 fully saturated rings. The molecule has 2 aromatic carbocycles. The van der Waals surface area contributed by atoms with Gasteiger partial charge in [-0.2, -0.15) is 5.26 Å². The van der Waals surface area contributed by atoms with E-state index < -0.39 is 0 Å². The first-order chi connectivity index (χ1) is 20.9. The van der Waals surface area contributed by atoms with Crippen molar-refractivity contribution in [2.75, 3.05) is 39.1 Å². The summed E-state index contributed by atoms with van der Waals surface area (Å²) < 4.78 is 13.1. The Labute approximate surface area is 249 Å². The van der Waals surface area contributed by atoms with Gasteiger partial charge in [0.1, 0.15) is 30.0 Å². The highest BCUT2D eigenvalue weighted by Gasteiger charge is 2.19. The fourth-order valence-corrected chi connectivity index (χ4v) is 4.89. The van der Waals surface area contributed by atoms with E-state index in [1.165, 1.54) is 6.33 Å². The van der Waals surface area contributed by atoms with Crippen LogP contribution in [0, 0.1) is 17.2 Å². The van der Waals surface area contributed by atoms with Gasteiger partial charge >= 0.3 is 0 Å². The number of aromatic nitrogens is 6. The number of nitrogens with one attached hydrogen (secondary N) is 2. The molecule has 13 heteroatoms. The van der Waals surface area contributed by atoms with Gasteiger partial charge in [0, 0.05) is 30.1 Å². The summed E-state index contributed by atoms with van der Waals surface area (Å²) in [6.07, 6.45) is 6.74. The van der Waals surface area contributed by atoms with Crippen molar-refractivity contribution in [3.05, 3.63) is 66.2 Å². The van der Waals surface area contributed by atoms with Crippen molar-refractivity contribution < 1.29 is 14.3 Å². The first-order valence-electron chi connectivity index (χ1n) is 14.1. The van der Waals surface area contributed by atoms with E-state index in [0.717, 1.165) is 37.1 Å². The van der Waals surface area contributed by atoms with Crippen LogP contribution in [0.1, 0.15) is 35.7 Å². The molecule has 0 radical (unpaired) electrons. The lowest BCUT2D eigenvalue weighted by Gasteiger charge is -2.28. The standard InChI is InChI=1S/C30H34N10O3/c1-20(18-40-19-35-37-38-40)43-28-13-22(4-5-24(28)14-31)25-16-33-30(34-17-25)36-26-12-23(6-7-27(26)42-3)29(41)32-15-21-8-10-39(2)11-9-21/h4-7,12-13,16-17,19-21H,8-11,15,18H2,1-3H3,(H,32,41)(H,33,34,36). The zero-order chi connectivity index (χ0) is 30.2. The number of benzene rings is 2. The second kappa shape index (κ2) is 13.7. The highest BCUT2D eigenvalue weighted by Crippen LogP contribution is 2.30. The number of ether oxygens (including phenoxy) is 2. The summed E-state index contributed by atoms with van der Waals surface area (Å²) in [6.45, 7) is 5.07. The zero-order valence-corrected chi connectivity index (χ0v) is 24.4. The number of methoxy groups -OCH3 is 1. The molecular formula is C30H34N10O3. The fraction of sp³-hybridized carbons (Fsp3) is 0.367. The lowest BCUT2D eigenvalue weighted by molar-refractivity contribution is 0.0939. The van der Waals surface area contributed by atoms with Gasteiger partial charge in [0.2, 0.25) is 5.95 Å². The van der Waals surface area contributed by atoms with Gasteiger partial charge in [-0.25, -0.2) is 14.6 Å². The first-order valence-corrected chi connectivity index (χ1v) is 14.1. The van der Waals surface area contributed by atoms with Gasteiger partial charge < -0.3 is 25.0 Å². The molecule has 1 unspecified atom stereocenters. The summed E-state index contributed by atoms with van der Waals surface area (Å²) in [4.78, 5) is 24.2. The SMILES string of the molecule is COc1ccc(C(=O)NCC2CCN(C)CC2)cc1Nc1ncc(-c2ccc(C#N)c(OC(C)Cn3cnnn3)c2)cn1. The summed E-state index contributed by atoms with van der Waals surface area (Å²) in [5, 5.41) is 26.9. The molecule has 1 aliphatic rings. The van der Waals surface area contributed by atoms with E-state index >= 15 is 0 Å². The van der Waals surface area contributed by atoms with E-state index in [4.69, 9.17) is 9.47 Å². The molecule has 43 heavy (non-hydrogen) atoms. The monoisotopic (exact) mass is 582 g/mol. The van der Waals surface area contributed by atoms with Crippen LogP contribution >= 0.6 is 0 Å². The van der Waals surface area contributed by atoms with Crippen molar-refractivity contribution in [2.24, 2.45) is 5.92 Å². The van der Waals surface area contributed by atoms with E-state index in [9.17, 15) is 10.1 Å². The van der Waals surface area contributed by atoms with Crippen LogP contribution < -0.4 is 20.1 Å². The third-order valence-electron chi connectivity index (χ3n) is 7.35. The van der Waals surface area contributed by atoms with Crippen LogP contribution in [0.15, 0.2) is 55.1 Å². The molecule has 13 nitrogen and oxygen atoms in total. The maximum absolute atomic E-state index is 12.9. The highest BCUT2D eigenvalue weighted by molar-refractivity contribution is 5.95. The van der Waals surface area contributed by atoms with Crippen molar-refractivity contribution in [1.29, 1.82) is 5.26 Å². The molecule has 2 aromatic heterocycles. The van der Waals surface area contributed by atoms with E-state index in [0.29, 0.717) is 53.3 Å². The number of likely N-dealkylation sites (tertiary alicyclic amines) is 1. The van der Waals surface area contributed by atoms with Gasteiger partial charge in [0.25, 0.3) is 5.91 Å². The molecule has 5 rings (SSSR count). The summed E-state index contributed by atoms with van der Waals surface area (Å²) in [6, 6.07) is 12.7. The molecular weight excluding hydrogens is 548 g/mol. The number of nitriles is 1. The number of rotatable bonds is 11. The van der Waals surface area contributed by atoms with Crippen molar-refractivity contribution in [2.45, 2.75) is 32.4 Å². The molecule has 0 bridgehead atoms. The van der Waals surface area contributed by atoms with Gasteiger partial charge in [-0.1, -0.05) is 6.07 Å². The summed E-state index contributed by atoms with van der Waals surface area (Å²) in [7, 11) is 3.69. The van der Waals surface area contributed by atoms with Crippen LogP contribution in [-0.2, 0) is 6.54 Å². The molecule has 2 N–H and O–H groups in total. The predicted molar refractivity (Wildman–Crippen MR) is 159 cm³/mol. The van der Waals surface area contributed by atoms with Crippen LogP contribution in [-0.4, -0.2) is 80.9 Å². The number of amides is 1. The van der Waals surface area contributed by atoms with Gasteiger partial charge in [-0.05, 0) is 92.1 Å². The average molecular weight is 583 g/mol. The number of nitrogens with zero attached hydrogens (tertiary/aromatic N) is 8. The van der Waals surface area contributed by atoms with Crippen LogP contribution in [0.2, 0.25) is 0 Å². The van der Waals surface area contributed by atoms with Crippen molar-refractivity contribution in [3.8, 4) is 28.7 Å². The molecule has 1 amide bonds. The lowest BCUT2D eigenvalue weighted by Crippen LogP contribution is -2.36. The van der Waals surface area contributed by atoms with Gasteiger partial charge in [0.15, 0.2) is 0 Å². The molecule has 1 saturated heterocycles. The van der Waals surface area contributed by atoms with Crippen LogP contribution in [0.5, 0.6) is 11.5 Å². The van der Waals surface area contributed by atoms with E-state index in [1.54, 1.807) is 54.5 Å².